The van der Waals surface area contributed by atoms with E-state index >= 15 is 0 Å². The van der Waals surface area contributed by atoms with E-state index in [4.69, 9.17) is 68.0 Å². The second kappa shape index (κ2) is 61.5. The maximum absolute atomic E-state index is 12.0. The number of para-hydroxylation sites is 3. The molecule has 10 aromatic rings. The van der Waals surface area contributed by atoms with E-state index in [1.54, 1.807) is 67.8 Å². The number of halogens is 17. The fourth-order valence-electron chi connectivity index (χ4n) is 11.6. The summed E-state index contributed by atoms with van der Waals surface area (Å²) in [7, 11) is 1.71. The van der Waals surface area contributed by atoms with Gasteiger partial charge in [0.05, 0.1) is 18.7 Å². The molecule has 10 aromatic carbocycles. The molecule has 0 spiro atoms. The van der Waals surface area contributed by atoms with Crippen LogP contribution in [-0.4, -0.2) is 39.7 Å². The topological polar surface area (TPSA) is 79.2 Å². The van der Waals surface area contributed by atoms with Crippen molar-refractivity contribution in [3.8, 4) is 40.6 Å². The Morgan fingerprint density at radius 2 is 0.706 bits per heavy atom. The Morgan fingerprint density at radius 1 is 0.310 bits per heavy atom. The van der Waals surface area contributed by atoms with Gasteiger partial charge < -0.3 is 28.4 Å². The van der Waals surface area contributed by atoms with Gasteiger partial charge in [-0.3, -0.25) is 0 Å². The van der Waals surface area contributed by atoms with Gasteiger partial charge in [0.15, 0.2) is 0 Å². The molecule has 0 heterocycles. The highest BCUT2D eigenvalue weighted by atomic mass is 35.5. The van der Waals surface area contributed by atoms with Gasteiger partial charge in [-0.05, 0) is 250 Å². The molecule has 126 heavy (non-hydrogen) atoms. The largest absolute Gasteiger partial charge is 0.573 e. The Balaban J connectivity index is 0.000000701. The molecule has 10 rings (SSSR count). The number of hydrogen-bond donors (Lipinski definition) is 0. The van der Waals surface area contributed by atoms with Crippen LogP contribution in [0.2, 0.25) is 25.1 Å². The summed E-state index contributed by atoms with van der Waals surface area (Å²) in [5.41, 5.74) is 11.1. The Bertz CT molecular complexity index is 4540. The van der Waals surface area contributed by atoms with Crippen LogP contribution in [0.1, 0.15) is 229 Å². The van der Waals surface area contributed by atoms with Crippen LogP contribution < -0.4 is 28.4 Å². The second-order valence-corrected chi connectivity index (χ2v) is 34.5. The molecule has 0 atom stereocenters. The lowest BCUT2D eigenvalue weighted by molar-refractivity contribution is -0.275. The number of alkyl halides is 12. The molecule has 0 aromatic heterocycles. The van der Waals surface area contributed by atoms with Gasteiger partial charge in [-0.1, -0.05) is 324 Å². The molecule has 0 aliphatic heterocycles. The van der Waals surface area contributed by atoms with Crippen molar-refractivity contribution in [2.24, 2.45) is 29.6 Å². The summed E-state index contributed by atoms with van der Waals surface area (Å²) in [4.78, 5) is 0. The summed E-state index contributed by atoms with van der Waals surface area (Å²) in [6.07, 6.45) is -4.58. The van der Waals surface area contributed by atoms with Crippen molar-refractivity contribution in [3.05, 3.63) is 317 Å². The molecule has 0 saturated carbocycles. The smallest absolute Gasteiger partial charge is 0.496 e. The van der Waals surface area contributed by atoms with Crippen molar-refractivity contribution in [2.75, 3.05) is 7.11 Å². The van der Waals surface area contributed by atoms with Gasteiger partial charge in [0.1, 0.15) is 34.5 Å². The zero-order valence-corrected chi connectivity index (χ0v) is 79.6. The normalized spacial score (nSPS) is 10.9. The summed E-state index contributed by atoms with van der Waals surface area (Å²) >= 11 is 29.6. The summed E-state index contributed by atoms with van der Waals surface area (Å²) in [5.74, 6) is 5.88. The van der Waals surface area contributed by atoms with Gasteiger partial charge in [0.25, 0.3) is 0 Å². The molecule has 692 valence electrons. The van der Waals surface area contributed by atoms with Gasteiger partial charge in [0, 0.05) is 25.1 Å². The van der Waals surface area contributed by atoms with Crippen LogP contribution in [0, 0.1) is 40.9 Å². The molecule has 0 saturated heterocycles. The Hall–Kier alpha value is -8.90. The molecule has 0 unspecified atom stereocenters. The first-order chi connectivity index (χ1) is 58.9. The summed E-state index contributed by atoms with van der Waals surface area (Å²) in [6, 6.07) is 69.9. The van der Waals surface area contributed by atoms with Crippen molar-refractivity contribution < 1.29 is 81.1 Å². The number of methoxy groups -OCH3 is 1. The highest BCUT2D eigenvalue weighted by Crippen LogP contribution is 2.34. The minimum Gasteiger partial charge on any atom is -0.496 e. The first-order valence-electron chi connectivity index (χ1n) is 41.5. The lowest BCUT2D eigenvalue weighted by Crippen LogP contribution is -2.18. The van der Waals surface area contributed by atoms with E-state index in [9.17, 15) is 52.7 Å². The minimum absolute atomic E-state index is 0.00792. The predicted octanol–water partition coefficient (Wildman–Crippen LogP) is 35.2. The van der Waals surface area contributed by atoms with Crippen molar-refractivity contribution in [1.29, 1.82) is 5.26 Å². The molecule has 0 radical (unpaired) electrons. The van der Waals surface area contributed by atoms with Crippen LogP contribution >= 0.6 is 58.0 Å². The first kappa shape index (κ1) is 115. The third-order valence-corrected chi connectivity index (χ3v) is 18.7. The molecule has 0 aliphatic carbocycles. The Labute approximate surface area is 766 Å². The van der Waals surface area contributed by atoms with Crippen molar-refractivity contribution in [2.45, 2.75) is 233 Å². The fourth-order valence-corrected chi connectivity index (χ4v) is 13.2. The summed E-state index contributed by atoms with van der Waals surface area (Å²) < 4.78 is 169. The van der Waals surface area contributed by atoms with E-state index in [0.717, 1.165) is 102 Å². The molecule has 7 nitrogen and oxygen atoms in total. The van der Waals surface area contributed by atoms with E-state index in [1.165, 1.54) is 47.0 Å². The van der Waals surface area contributed by atoms with Crippen molar-refractivity contribution in [1.82, 2.24) is 0 Å². The SMILES string of the molecule is CC(C)Cc1cc(Cl)ccc1Cl.CC(C)Cc1ccc(C#N)cc1.CC(C)Cc1ccc(OC(F)F)cc1.CC(C)Cc1cccc(OC(F)F)c1.CC(C)Cc1ccccc1OC(F)F.CC(C)c1c(Cl)cccc1Cl.CC(C)c1cccc(OC(F)(F)F)c1.CC(C)c1ccccc1Cl.CC(C)c1ccccc1OC(F)(F)F.COc1ccccc1C(C)C. The van der Waals surface area contributed by atoms with E-state index in [-0.39, 0.29) is 40.6 Å². The molecular formula is C102H124Cl5F12NO6. The van der Waals surface area contributed by atoms with Crippen LogP contribution in [0.25, 0.3) is 0 Å². The fraction of sp³-hybridized carbons (Fsp3) is 0.402. The number of nitrogens with zero attached hydrogens (tertiary/aromatic N) is 1. The van der Waals surface area contributed by atoms with Crippen LogP contribution in [-0.2, 0) is 32.1 Å². The lowest BCUT2D eigenvalue weighted by atomic mass is 10.0. The quantitative estimate of drug-likeness (QED) is 0.0558. The first-order valence-corrected chi connectivity index (χ1v) is 43.4. The molecule has 0 bridgehead atoms. The van der Waals surface area contributed by atoms with Crippen LogP contribution in [0.15, 0.2) is 231 Å². The maximum Gasteiger partial charge on any atom is 0.573 e. The molecule has 0 amide bonds. The number of rotatable bonds is 24. The average Bonchev–Trinajstić information content (AvgIpc) is 0.857. The van der Waals surface area contributed by atoms with E-state index in [0.29, 0.717) is 52.9 Å². The van der Waals surface area contributed by atoms with Crippen molar-refractivity contribution >= 4 is 58.0 Å². The number of benzene rings is 10. The zero-order valence-electron chi connectivity index (χ0n) is 75.8. The molecule has 0 N–H and O–H groups in total. The molecule has 0 aliphatic rings. The number of nitriles is 1. The maximum atomic E-state index is 12.0. The van der Waals surface area contributed by atoms with E-state index in [1.807, 2.05) is 169 Å². The van der Waals surface area contributed by atoms with Crippen molar-refractivity contribution in [3.63, 3.8) is 0 Å². The van der Waals surface area contributed by atoms with Gasteiger partial charge in [-0.25, -0.2) is 0 Å². The third kappa shape index (κ3) is 53.0. The van der Waals surface area contributed by atoms with Crippen LogP contribution in [0.4, 0.5) is 52.7 Å². The predicted molar refractivity (Wildman–Crippen MR) is 497 cm³/mol. The van der Waals surface area contributed by atoms with Gasteiger partial charge in [0.2, 0.25) is 0 Å². The standard InChI is InChI=1S/3C11H14F2O.C11H13N.C10H12Cl2.2C10H11F3O.C10H14O.C9H10Cl2.C9H11Cl/c1-8(2)7-9-3-5-10(6-4-9)14-11(12)13;1-8(2)6-9-4-3-5-10(7-9)14-11(12)13;1-8(2)7-9-5-3-4-6-10(9)14-11(12)13;1-9(2)7-10-3-5-11(8-12)6-4-10;1-7(2)5-8-6-9(11)3-4-10(8)12;1-7(2)8-4-3-5-9(6-8)14-10(11,12)13;1-7(2)8-5-3-4-6-9(8)14-10(11,12)13;1-8(2)9-6-4-5-7-10(9)11-3;1-6(2)9-7(10)4-3-5-8(9)11;1-7(2)8-5-3-4-6-9(8)10/h3-6,8,11H,7H2,1-2H3;3-5,7-8,11H,6H2,1-2H3;3-6,8,11H,7H2,1-2H3;3-6,9H,7H2,1-2H3;3-4,6-7H,5H2,1-2H3;2*3-7H,1-2H3;4-8H,1-3H3;3-6H,1-2H3;3-7H,1-2H3. The number of ether oxygens (including phenoxy) is 6. The van der Waals surface area contributed by atoms with Gasteiger partial charge >= 0.3 is 32.6 Å². The Morgan fingerprint density at radius 3 is 1.13 bits per heavy atom. The van der Waals surface area contributed by atoms with E-state index < -0.39 is 32.6 Å². The number of hydrogen-bond acceptors (Lipinski definition) is 7. The minimum atomic E-state index is -4.62. The molecular weight excluding hydrogens is 1740 g/mol. The monoisotopic (exact) mass is 1860 g/mol. The lowest BCUT2D eigenvalue weighted by Gasteiger charge is -2.14. The molecule has 24 heteroatoms. The van der Waals surface area contributed by atoms with Crippen LogP contribution in [0.5, 0.6) is 34.5 Å². The summed E-state index contributed by atoms with van der Waals surface area (Å²) in [6.45, 7) is 33.2. The second-order valence-electron chi connectivity index (χ2n) is 32.4. The summed E-state index contributed by atoms with van der Waals surface area (Å²) in [5, 5.41) is 12.5. The highest BCUT2D eigenvalue weighted by Gasteiger charge is 2.33. The average molecular weight is 1870 g/mol. The van der Waals surface area contributed by atoms with Gasteiger partial charge in [-0.2, -0.15) is 31.6 Å². The Kier molecular flexibility index (Phi) is 56.2. The highest BCUT2D eigenvalue weighted by molar-refractivity contribution is 6.36. The molecule has 0 fully saturated rings. The van der Waals surface area contributed by atoms with E-state index in [2.05, 4.69) is 139 Å². The van der Waals surface area contributed by atoms with Gasteiger partial charge in [-0.15, -0.1) is 26.3 Å². The van der Waals surface area contributed by atoms with Crippen LogP contribution in [0.3, 0.4) is 0 Å². The zero-order chi connectivity index (χ0) is 95.6. The third-order valence-electron chi connectivity index (χ3n) is 17.1.